The van der Waals surface area contributed by atoms with E-state index in [0.29, 0.717) is 6.54 Å². The van der Waals surface area contributed by atoms with Gasteiger partial charge in [-0.25, -0.2) is 19.0 Å². The van der Waals surface area contributed by atoms with Crippen molar-refractivity contribution in [2.24, 2.45) is 0 Å². The number of carboxylic acids is 1. The second-order valence-corrected chi connectivity index (χ2v) is 5.47. The van der Waals surface area contributed by atoms with E-state index in [-0.39, 0.29) is 5.69 Å². The van der Waals surface area contributed by atoms with Crippen molar-refractivity contribution in [1.82, 2.24) is 10.3 Å². The largest absolute Gasteiger partial charge is 0.478 e. The number of carbonyl (C=O) groups excluding carboxylic acids is 1. The summed E-state index contributed by atoms with van der Waals surface area (Å²) in [6.07, 6.45) is 1.67. The van der Waals surface area contributed by atoms with Gasteiger partial charge in [-0.3, -0.25) is 0 Å². The average Bonchev–Trinajstić information content (AvgIpc) is 2.82. The molecule has 0 aliphatic heterocycles. The van der Waals surface area contributed by atoms with Crippen molar-refractivity contribution in [3.63, 3.8) is 0 Å². The fraction of sp³-hybridized carbons (Fsp3) is 0.154. The molecule has 0 saturated carbocycles. The molecular weight excluding hydrogens is 297 g/mol. The van der Waals surface area contributed by atoms with E-state index in [0.717, 1.165) is 22.0 Å². The molecule has 0 bridgehead atoms. The average molecular weight is 309 g/mol. The highest BCUT2D eigenvalue weighted by molar-refractivity contribution is 7.11. The normalized spacial score (nSPS) is 10.2. The highest BCUT2D eigenvalue weighted by Crippen LogP contribution is 2.15. The third-order valence-corrected chi connectivity index (χ3v) is 3.46. The zero-order valence-corrected chi connectivity index (χ0v) is 11.8. The quantitative estimate of drug-likeness (QED) is 0.809. The number of hydrogen-bond donors (Lipinski definition) is 3. The minimum atomic E-state index is -1.36. The predicted molar refractivity (Wildman–Crippen MR) is 76.1 cm³/mol. The van der Waals surface area contributed by atoms with E-state index in [9.17, 15) is 14.0 Å². The van der Waals surface area contributed by atoms with Gasteiger partial charge in [0.05, 0.1) is 17.1 Å². The summed E-state index contributed by atoms with van der Waals surface area (Å²) in [5.74, 6) is -2.26. The van der Waals surface area contributed by atoms with Crippen LogP contribution in [-0.4, -0.2) is 22.1 Å². The molecule has 8 heteroatoms. The lowest BCUT2D eigenvalue weighted by molar-refractivity contribution is 0.0692. The number of carbonyl (C=O) groups is 2. The molecular formula is C13H12FN3O3S. The Hall–Kier alpha value is -2.48. The summed E-state index contributed by atoms with van der Waals surface area (Å²) < 4.78 is 13.4. The first kappa shape index (κ1) is 14.9. The van der Waals surface area contributed by atoms with Crippen molar-refractivity contribution < 1.29 is 19.1 Å². The van der Waals surface area contributed by atoms with Crippen molar-refractivity contribution in [2.45, 2.75) is 13.5 Å². The summed E-state index contributed by atoms with van der Waals surface area (Å²) in [6.45, 7) is 2.17. The van der Waals surface area contributed by atoms with Crippen LogP contribution in [0, 0.1) is 12.7 Å². The van der Waals surface area contributed by atoms with Crippen LogP contribution < -0.4 is 10.6 Å². The standard InChI is InChI=1S/C13H12FN3O3S/c1-7-15-5-9(21-7)6-16-13(20)17-8-2-3-10(12(18)19)11(14)4-8/h2-5H,6H2,1H3,(H,18,19)(H2,16,17,20). The Bertz CT molecular complexity index is 687. The molecule has 110 valence electrons. The summed E-state index contributed by atoms with van der Waals surface area (Å²) in [7, 11) is 0. The van der Waals surface area contributed by atoms with Gasteiger partial charge < -0.3 is 15.7 Å². The number of thiazole rings is 1. The number of aryl methyl sites for hydroxylation is 1. The van der Waals surface area contributed by atoms with Gasteiger partial charge in [0.25, 0.3) is 0 Å². The SMILES string of the molecule is Cc1ncc(CNC(=O)Nc2ccc(C(=O)O)c(F)c2)s1. The summed E-state index contributed by atoms with van der Waals surface area (Å²) >= 11 is 1.46. The lowest BCUT2D eigenvalue weighted by atomic mass is 10.2. The van der Waals surface area contributed by atoms with E-state index in [1.807, 2.05) is 6.92 Å². The molecule has 0 aliphatic rings. The molecule has 1 aromatic carbocycles. The molecule has 0 radical (unpaired) electrons. The van der Waals surface area contributed by atoms with Crippen molar-refractivity contribution in [1.29, 1.82) is 0 Å². The molecule has 2 rings (SSSR count). The predicted octanol–water partition coefficient (Wildman–Crippen LogP) is 2.61. The number of benzene rings is 1. The topological polar surface area (TPSA) is 91.3 Å². The fourth-order valence-electron chi connectivity index (χ4n) is 1.60. The van der Waals surface area contributed by atoms with Crippen LogP contribution in [-0.2, 0) is 6.54 Å². The molecule has 6 nitrogen and oxygen atoms in total. The van der Waals surface area contributed by atoms with Gasteiger partial charge in [0.2, 0.25) is 0 Å². The molecule has 0 saturated heterocycles. The van der Waals surface area contributed by atoms with Crippen LogP contribution in [0.15, 0.2) is 24.4 Å². The van der Waals surface area contributed by atoms with E-state index >= 15 is 0 Å². The first-order valence-corrected chi connectivity index (χ1v) is 6.76. The van der Waals surface area contributed by atoms with Crippen LogP contribution in [0.4, 0.5) is 14.9 Å². The lowest BCUT2D eigenvalue weighted by Gasteiger charge is -2.07. The van der Waals surface area contributed by atoms with Gasteiger partial charge in [-0.2, -0.15) is 0 Å². The molecule has 0 fully saturated rings. The Labute approximate surface area is 123 Å². The number of anilines is 1. The Morgan fingerprint density at radius 1 is 1.43 bits per heavy atom. The maximum absolute atomic E-state index is 13.4. The van der Waals surface area contributed by atoms with Crippen molar-refractivity contribution in [3.8, 4) is 0 Å². The molecule has 0 aliphatic carbocycles. The number of carboxylic acid groups (broad SMARTS) is 1. The van der Waals surface area contributed by atoms with Gasteiger partial charge >= 0.3 is 12.0 Å². The van der Waals surface area contributed by atoms with Crippen LogP contribution in [0.3, 0.4) is 0 Å². The first-order valence-electron chi connectivity index (χ1n) is 5.94. The summed E-state index contributed by atoms with van der Waals surface area (Å²) in [6, 6.07) is 2.87. The Morgan fingerprint density at radius 2 is 2.19 bits per heavy atom. The molecule has 1 aromatic heterocycles. The summed E-state index contributed by atoms with van der Waals surface area (Å²) in [4.78, 5) is 27.3. The number of nitrogens with one attached hydrogen (secondary N) is 2. The molecule has 0 unspecified atom stereocenters. The van der Waals surface area contributed by atoms with Crippen molar-refractivity contribution >= 4 is 29.0 Å². The zero-order chi connectivity index (χ0) is 15.4. The number of aromatic carboxylic acids is 1. The Balaban J connectivity index is 1.93. The van der Waals surface area contributed by atoms with Crippen molar-refractivity contribution in [3.05, 3.63) is 45.7 Å². The highest BCUT2D eigenvalue weighted by atomic mass is 32.1. The van der Waals surface area contributed by atoms with E-state index in [4.69, 9.17) is 5.11 Å². The van der Waals surface area contributed by atoms with E-state index in [1.165, 1.54) is 17.4 Å². The Morgan fingerprint density at radius 3 is 2.76 bits per heavy atom. The van der Waals surface area contributed by atoms with E-state index in [1.54, 1.807) is 6.20 Å². The smallest absolute Gasteiger partial charge is 0.338 e. The second kappa shape index (κ2) is 6.31. The van der Waals surface area contributed by atoms with Crippen LogP contribution in [0.1, 0.15) is 20.2 Å². The minimum absolute atomic E-state index is 0.176. The number of hydrogen-bond acceptors (Lipinski definition) is 4. The Kier molecular flexibility index (Phi) is 4.49. The zero-order valence-electron chi connectivity index (χ0n) is 11.0. The number of urea groups is 1. The molecule has 0 spiro atoms. The lowest BCUT2D eigenvalue weighted by Crippen LogP contribution is -2.27. The number of amides is 2. The monoisotopic (exact) mass is 309 g/mol. The van der Waals surface area contributed by atoms with Gasteiger partial charge in [0.1, 0.15) is 5.82 Å². The van der Waals surface area contributed by atoms with Crippen LogP contribution in [0.2, 0.25) is 0 Å². The maximum Gasteiger partial charge on any atom is 0.338 e. The van der Waals surface area contributed by atoms with Gasteiger partial charge in [0.15, 0.2) is 0 Å². The first-order chi connectivity index (χ1) is 9.95. The molecule has 2 amide bonds. The maximum atomic E-state index is 13.4. The van der Waals surface area contributed by atoms with Crippen molar-refractivity contribution in [2.75, 3.05) is 5.32 Å². The summed E-state index contributed by atoms with van der Waals surface area (Å²) in [5.41, 5.74) is -0.267. The van der Waals surface area contributed by atoms with Gasteiger partial charge in [0, 0.05) is 16.8 Å². The number of halogens is 1. The third kappa shape index (κ3) is 3.99. The van der Waals surface area contributed by atoms with E-state index in [2.05, 4.69) is 15.6 Å². The number of aromatic nitrogens is 1. The number of nitrogens with zero attached hydrogens (tertiary/aromatic N) is 1. The third-order valence-electron chi connectivity index (χ3n) is 2.55. The second-order valence-electron chi connectivity index (χ2n) is 4.15. The highest BCUT2D eigenvalue weighted by Gasteiger charge is 2.11. The number of rotatable bonds is 4. The van der Waals surface area contributed by atoms with Crippen LogP contribution >= 0.6 is 11.3 Å². The summed E-state index contributed by atoms with van der Waals surface area (Å²) in [5, 5.41) is 14.6. The molecule has 21 heavy (non-hydrogen) atoms. The van der Waals surface area contributed by atoms with Gasteiger partial charge in [-0.15, -0.1) is 11.3 Å². The molecule has 1 heterocycles. The van der Waals surface area contributed by atoms with Gasteiger partial charge in [-0.1, -0.05) is 0 Å². The molecule has 2 aromatic rings. The van der Waals surface area contributed by atoms with Crippen LogP contribution in [0.5, 0.6) is 0 Å². The van der Waals surface area contributed by atoms with Crippen LogP contribution in [0.25, 0.3) is 0 Å². The minimum Gasteiger partial charge on any atom is -0.478 e. The molecule has 0 atom stereocenters. The van der Waals surface area contributed by atoms with E-state index < -0.39 is 23.4 Å². The molecule has 3 N–H and O–H groups in total. The fourth-order valence-corrected chi connectivity index (χ4v) is 2.33. The van der Waals surface area contributed by atoms with Gasteiger partial charge in [-0.05, 0) is 25.1 Å².